The van der Waals surface area contributed by atoms with E-state index in [2.05, 4.69) is 5.16 Å². The molecule has 2 heterocycles. The van der Waals surface area contributed by atoms with E-state index in [4.69, 9.17) is 9.63 Å². The first-order valence-electron chi connectivity index (χ1n) is 6.64. The van der Waals surface area contributed by atoms with Crippen molar-refractivity contribution < 1.29 is 19.2 Å². The molecule has 0 radical (unpaired) electrons. The predicted molar refractivity (Wildman–Crippen MR) is 74.3 cm³/mol. The van der Waals surface area contributed by atoms with Gasteiger partial charge in [0, 0.05) is 19.0 Å². The van der Waals surface area contributed by atoms with Crippen LogP contribution in [0.2, 0.25) is 0 Å². The van der Waals surface area contributed by atoms with Crippen molar-refractivity contribution in [3.05, 3.63) is 17.5 Å². The van der Waals surface area contributed by atoms with Crippen LogP contribution in [0.15, 0.2) is 10.6 Å². The first-order chi connectivity index (χ1) is 9.58. The van der Waals surface area contributed by atoms with Crippen LogP contribution in [0, 0.1) is 6.92 Å². The third-order valence-electron chi connectivity index (χ3n) is 3.16. The molecule has 7 heteroatoms. The minimum Gasteiger partial charge on any atom is -0.481 e. The molecule has 0 spiro atoms. The lowest BCUT2D eigenvalue weighted by atomic mass is 10.2. The molecule has 1 aromatic rings. The summed E-state index contributed by atoms with van der Waals surface area (Å²) in [5.74, 6) is 0.542. The molecule has 1 aliphatic heterocycles. The first-order valence-corrected chi connectivity index (χ1v) is 7.69. The molecule has 2 rings (SSSR count). The van der Waals surface area contributed by atoms with Gasteiger partial charge in [-0.05, 0) is 19.8 Å². The summed E-state index contributed by atoms with van der Waals surface area (Å²) in [6.07, 6.45) is 2.46. The van der Waals surface area contributed by atoms with Crippen molar-refractivity contribution in [1.29, 1.82) is 0 Å². The smallest absolute Gasteiger partial charge is 0.303 e. The van der Waals surface area contributed by atoms with Gasteiger partial charge in [0.15, 0.2) is 0 Å². The molecule has 1 aromatic heterocycles. The van der Waals surface area contributed by atoms with Crippen molar-refractivity contribution in [1.82, 2.24) is 10.1 Å². The van der Waals surface area contributed by atoms with E-state index < -0.39 is 5.97 Å². The molecule has 1 aliphatic rings. The van der Waals surface area contributed by atoms with Gasteiger partial charge >= 0.3 is 5.97 Å². The summed E-state index contributed by atoms with van der Waals surface area (Å²) in [6.45, 7) is 2.47. The summed E-state index contributed by atoms with van der Waals surface area (Å²) in [5, 5.41) is 12.5. The second kappa shape index (κ2) is 6.78. The maximum atomic E-state index is 11.9. The number of unbranched alkanes of at least 4 members (excludes halogenated alkanes) is 2. The summed E-state index contributed by atoms with van der Waals surface area (Å²) in [6, 6.07) is 1.85. The lowest BCUT2D eigenvalue weighted by Crippen LogP contribution is -2.29. The van der Waals surface area contributed by atoms with Gasteiger partial charge in [0.2, 0.25) is 5.91 Å². The second-order valence-corrected chi connectivity index (χ2v) is 5.89. The Balaban J connectivity index is 1.84. The minimum atomic E-state index is -0.770. The van der Waals surface area contributed by atoms with E-state index in [9.17, 15) is 9.59 Å². The highest BCUT2D eigenvalue weighted by atomic mass is 32.2. The van der Waals surface area contributed by atoms with E-state index in [0.29, 0.717) is 18.7 Å². The monoisotopic (exact) mass is 298 g/mol. The van der Waals surface area contributed by atoms with Gasteiger partial charge in [-0.15, -0.1) is 11.8 Å². The number of carbonyl (C=O) groups excluding carboxylic acids is 1. The van der Waals surface area contributed by atoms with Crippen LogP contribution in [0.5, 0.6) is 0 Å². The van der Waals surface area contributed by atoms with Gasteiger partial charge < -0.3 is 14.5 Å². The van der Waals surface area contributed by atoms with Gasteiger partial charge in [0.1, 0.15) is 16.8 Å². The third kappa shape index (κ3) is 3.75. The highest BCUT2D eigenvalue weighted by molar-refractivity contribution is 8.00. The number of carbonyl (C=O) groups is 2. The molecule has 1 fully saturated rings. The van der Waals surface area contributed by atoms with Crippen LogP contribution in [0.4, 0.5) is 0 Å². The van der Waals surface area contributed by atoms with Gasteiger partial charge in [-0.25, -0.2) is 0 Å². The van der Waals surface area contributed by atoms with E-state index in [0.717, 1.165) is 24.3 Å². The number of carboxylic acids is 1. The highest BCUT2D eigenvalue weighted by Crippen LogP contribution is 2.38. The van der Waals surface area contributed by atoms with Crippen molar-refractivity contribution in [2.24, 2.45) is 0 Å². The van der Waals surface area contributed by atoms with Crippen LogP contribution in [-0.4, -0.2) is 39.3 Å². The summed E-state index contributed by atoms with van der Waals surface area (Å²) in [7, 11) is 0. The quantitative estimate of drug-likeness (QED) is 0.777. The Morgan fingerprint density at radius 3 is 3.00 bits per heavy atom. The second-order valence-electron chi connectivity index (χ2n) is 4.82. The minimum absolute atomic E-state index is 0.0700. The maximum Gasteiger partial charge on any atom is 0.303 e. The molecular weight excluding hydrogens is 280 g/mol. The highest BCUT2D eigenvalue weighted by Gasteiger charge is 2.34. The lowest BCUT2D eigenvalue weighted by Gasteiger charge is -2.21. The number of aromatic nitrogens is 1. The number of carboxylic acid groups (broad SMARTS) is 1. The Bertz CT molecular complexity index is 488. The molecule has 0 saturated carbocycles. The van der Waals surface area contributed by atoms with Gasteiger partial charge in [-0.1, -0.05) is 11.6 Å². The molecule has 1 atom stereocenters. The number of hydrogen-bond acceptors (Lipinski definition) is 5. The van der Waals surface area contributed by atoms with Crippen LogP contribution >= 0.6 is 11.8 Å². The van der Waals surface area contributed by atoms with Gasteiger partial charge in [-0.3, -0.25) is 9.59 Å². The fourth-order valence-corrected chi connectivity index (χ4v) is 3.33. The number of rotatable bonds is 7. The molecule has 0 aliphatic carbocycles. The maximum absolute atomic E-state index is 11.9. The van der Waals surface area contributed by atoms with Gasteiger partial charge in [0.05, 0.1) is 5.75 Å². The van der Waals surface area contributed by atoms with Gasteiger partial charge in [-0.2, -0.15) is 0 Å². The van der Waals surface area contributed by atoms with Crippen LogP contribution in [0.3, 0.4) is 0 Å². The van der Waals surface area contributed by atoms with Crippen molar-refractivity contribution in [2.45, 2.75) is 38.0 Å². The fourth-order valence-electron chi connectivity index (χ4n) is 2.18. The first kappa shape index (κ1) is 14.9. The Morgan fingerprint density at radius 1 is 1.55 bits per heavy atom. The Morgan fingerprint density at radius 2 is 2.35 bits per heavy atom. The molecule has 1 N–H and O–H groups in total. The summed E-state index contributed by atoms with van der Waals surface area (Å²) < 4.78 is 5.06. The Hall–Kier alpha value is -1.50. The van der Waals surface area contributed by atoms with Crippen molar-refractivity contribution >= 4 is 23.6 Å². The van der Waals surface area contributed by atoms with Crippen molar-refractivity contribution in [3.8, 4) is 0 Å². The van der Waals surface area contributed by atoms with Crippen molar-refractivity contribution in [2.75, 3.05) is 12.3 Å². The van der Waals surface area contributed by atoms with E-state index in [1.807, 2.05) is 17.9 Å². The molecule has 1 amide bonds. The summed E-state index contributed by atoms with van der Waals surface area (Å²) in [4.78, 5) is 24.1. The van der Waals surface area contributed by atoms with Crippen molar-refractivity contribution in [3.63, 3.8) is 0 Å². The van der Waals surface area contributed by atoms with E-state index in [1.54, 1.807) is 11.8 Å². The number of amides is 1. The normalized spacial score (nSPS) is 18.8. The Labute approximate surface area is 121 Å². The average Bonchev–Trinajstić information content (AvgIpc) is 2.96. The van der Waals surface area contributed by atoms with E-state index in [1.165, 1.54) is 0 Å². The number of aryl methyl sites for hydroxylation is 1. The average molecular weight is 298 g/mol. The summed E-state index contributed by atoms with van der Waals surface area (Å²) >= 11 is 1.55. The predicted octanol–water partition coefficient (Wildman–Crippen LogP) is 2.20. The number of aliphatic carboxylic acids is 1. The molecule has 110 valence electrons. The number of thioether (sulfide) groups is 1. The Kier molecular flexibility index (Phi) is 5.05. The topological polar surface area (TPSA) is 83.6 Å². The molecule has 1 saturated heterocycles. The summed E-state index contributed by atoms with van der Waals surface area (Å²) in [5.41, 5.74) is 0.781. The van der Waals surface area contributed by atoms with Crippen LogP contribution in [0.25, 0.3) is 0 Å². The van der Waals surface area contributed by atoms with Crippen LogP contribution in [-0.2, 0) is 9.59 Å². The molecular formula is C13H18N2O4S. The fraction of sp³-hybridized carbons (Fsp3) is 0.615. The lowest BCUT2D eigenvalue weighted by molar-refractivity contribution is -0.137. The van der Waals surface area contributed by atoms with Crippen LogP contribution in [0.1, 0.15) is 42.5 Å². The number of nitrogens with zero attached hydrogens (tertiary/aromatic N) is 2. The molecule has 0 aromatic carbocycles. The van der Waals surface area contributed by atoms with E-state index >= 15 is 0 Å². The van der Waals surface area contributed by atoms with Gasteiger partial charge in [0.25, 0.3) is 0 Å². The molecule has 1 unspecified atom stereocenters. The van der Waals surface area contributed by atoms with Crippen LogP contribution < -0.4 is 0 Å². The zero-order valence-corrected chi connectivity index (χ0v) is 12.2. The number of hydrogen-bond donors (Lipinski definition) is 1. The largest absolute Gasteiger partial charge is 0.481 e. The molecule has 6 nitrogen and oxygen atoms in total. The van der Waals surface area contributed by atoms with E-state index in [-0.39, 0.29) is 17.7 Å². The molecule has 0 bridgehead atoms. The standard InChI is InChI=1S/C13H18N2O4S/c1-9-7-10(14-19-9)13-15(11(16)8-20-13)6-4-2-3-5-12(17)18/h7,13H,2-6,8H2,1H3,(H,17,18). The zero-order valence-electron chi connectivity index (χ0n) is 11.4. The third-order valence-corrected chi connectivity index (χ3v) is 4.38. The SMILES string of the molecule is Cc1cc(C2SCC(=O)N2CCCCCC(=O)O)no1. The zero-order chi connectivity index (χ0) is 14.5. The molecule has 20 heavy (non-hydrogen) atoms.